The first-order valence-corrected chi connectivity index (χ1v) is 11.1. The van der Waals surface area contributed by atoms with Crippen LogP contribution in [0.2, 0.25) is 0 Å². The van der Waals surface area contributed by atoms with E-state index < -0.39 is 27.2 Å². The van der Waals surface area contributed by atoms with Gasteiger partial charge in [0.2, 0.25) is 0 Å². The summed E-state index contributed by atoms with van der Waals surface area (Å²) >= 11 is 0. The number of nitrogens with zero attached hydrogens (tertiary/aromatic N) is 2. The lowest BCUT2D eigenvalue weighted by Gasteiger charge is -2.30. The molecule has 160 valence electrons. The van der Waals surface area contributed by atoms with Gasteiger partial charge in [0.15, 0.2) is 9.84 Å². The molecule has 2 N–H and O–H groups in total. The molecule has 1 aromatic heterocycles. The summed E-state index contributed by atoms with van der Waals surface area (Å²) in [5.41, 5.74) is 1.35. The minimum absolute atomic E-state index is 0.195. The van der Waals surface area contributed by atoms with Gasteiger partial charge in [-0.2, -0.15) is 0 Å². The predicted molar refractivity (Wildman–Crippen MR) is 111 cm³/mol. The summed E-state index contributed by atoms with van der Waals surface area (Å²) in [6.45, 7) is 1.01. The van der Waals surface area contributed by atoms with Crippen molar-refractivity contribution in [3.05, 3.63) is 54.4 Å². The van der Waals surface area contributed by atoms with Crippen LogP contribution in [0.5, 0.6) is 0 Å². The zero-order valence-electron chi connectivity index (χ0n) is 16.6. The topological polar surface area (TPSA) is 118 Å². The molecule has 1 fully saturated rings. The summed E-state index contributed by atoms with van der Waals surface area (Å²) in [4.78, 5) is 29.3. The third kappa shape index (κ3) is 5.26. The molecule has 3 amide bonds. The number of likely N-dealkylation sites (tertiary alicyclic amines) is 1. The Hall–Kier alpha value is -3.14. The second-order valence-electron chi connectivity index (χ2n) is 6.89. The summed E-state index contributed by atoms with van der Waals surface area (Å²) < 4.78 is 30.4. The summed E-state index contributed by atoms with van der Waals surface area (Å²) in [7, 11) is -2.22. The number of hydrogen-bond acceptors (Lipinski definition) is 6. The second kappa shape index (κ2) is 9.57. The predicted octanol–water partition coefficient (Wildman–Crippen LogP) is 2.41. The molecule has 0 spiro atoms. The summed E-state index contributed by atoms with van der Waals surface area (Å²) in [5.74, 6) is 0. The molecule has 1 aliphatic heterocycles. The normalized spacial score (nSPS) is 14.8. The number of piperidine rings is 1. The van der Waals surface area contributed by atoms with Crippen LogP contribution in [0.25, 0.3) is 0 Å². The van der Waals surface area contributed by atoms with Gasteiger partial charge in [-0.15, -0.1) is 0 Å². The molecular formula is C20H24N4O5S. The molecule has 0 radical (unpaired) electrons. The number of carbonyl (C=O) groups excluding carboxylic acids is 2. The number of sulfone groups is 1. The van der Waals surface area contributed by atoms with E-state index in [-0.39, 0.29) is 4.90 Å². The maximum absolute atomic E-state index is 12.9. The molecule has 30 heavy (non-hydrogen) atoms. The highest BCUT2D eigenvalue weighted by atomic mass is 32.2. The van der Waals surface area contributed by atoms with E-state index in [2.05, 4.69) is 20.4 Å². The van der Waals surface area contributed by atoms with E-state index in [1.807, 2.05) is 6.07 Å². The van der Waals surface area contributed by atoms with Gasteiger partial charge in [-0.25, -0.2) is 18.0 Å². The fourth-order valence-electron chi connectivity index (χ4n) is 3.26. The molecule has 2 heterocycles. The van der Waals surface area contributed by atoms with Crippen LogP contribution in [-0.4, -0.2) is 55.9 Å². The number of benzene rings is 1. The lowest BCUT2D eigenvalue weighted by Crippen LogP contribution is -2.42. The maximum atomic E-state index is 12.9. The van der Waals surface area contributed by atoms with Crippen LogP contribution in [-0.2, 0) is 21.1 Å². The molecule has 9 nitrogen and oxygen atoms in total. The SMILES string of the molecule is COC(=O)N1CCC(S(=O)(=O)c2ccc(NC(=O)NCc3cccnc3)cc2)CC1. The van der Waals surface area contributed by atoms with E-state index in [1.165, 1.54) is 24.1 Å². The van der Waals surface area contributed by atoms with Crippen LogP contribution in [0, 0.1) is 0 Å². The van der Waals surface area contributed by atoms with Crippen molar-refractivity contribution in [2.24, 2.45) is 0 Å². The molecule has 0 aliphatic carbocycles. The minimum atomic E-state index is -3.52. The first kappa shape index (κ1) is 21.6. The fourth-order valence-corrected chi connectivity index (χ4v) is 4.99. The van der Waals surface area contributed by atoms with Crippen molar-refractivity contribution in [1.82, 2.24) is 15.2 Å². The molecule has 0 saturated carbocycles. The van der Waals surface area contributed by atoms with Crippen LogP contribution in [0.3, 0.4) is 0 Å². The molecule has 1 saturated heterocycles. The molecule has 2 aromatic rings. The van der Waals surface area contributed by atoms with E-state index >= 15 is 0 Å². The highest BCUT2D eigenvalue weighted by Gasteiger charge is 2.33. The first-order valence-electron chi connectivity index (χ1n) is 9.51. The number of amides is 3. The van der Waals surface area contributed by atoms with Crippen molar-refractivity contribution >= 4 is 27.6 Å². The summed E-state index contributed by atoms with van der Waals surface area (Å²) in [6.07, 6.45) is 3.59. The standard InChI is InChI=1S/C20H24N4O5S/c1-29-20(26)24-11-8-18(9-12-24)30(27,28)17-6-4-16(5-7-17)23-19(25)22-14-15-3-2-10-21-13-15/h2-7,10,13,18H,8-9,11-12,14H2,1H3,(H2,22,23,25). The number of ether oxygens (including phenoxy) is 1. The monoisotopic (exact) mass is 432 g/mol. The van der Waals surface area contributed by atoms with Gasteiger partial charge in [0.1, 0.15) is 0 Å². The van der Waals surface area contributed by atoms with Gasteiger partial charge in [-0.3, -0.25) is 4.98 Å². The van der Waals surface area contributed by atoms with Gasteiger partial charge in [-0.05, 0) is 48.7 Å². The molecular weight excluding hydrogens is 408 g/mol. The van der Waals surface area contributed by atoms with Crippen molar-refractivity contribution in [3.63, 3.8) is 0 Å². The zero-order chi connectivity index (χ0) is 21.6. The van der Waals surface area contributed by atoms with Crippen LogP contribution >= 0.6 is 0 Å². The van der Waals surface area contributed by atoms with E-state index in [4.69, 9.17) is 0 Å². The molecule has 3 rings (SSSR count). The average molecular weight is 433 g/mol. The Morgan fingerprint density at radius 2 is 1.87 bits per heavy atom. The number of methoxy groups -OCH3 is 1. The van der Waals surface area contributed by atoms with Gasteiger partial charge in [-0.1, -0.05) is 6.07 Å². The van der Waals surface area contributed by atoms with E-state index in [1.54, 1.807) is 30.6 Å². The fraction of sp³-hybridized carbons (Fsp3) is 0.350. The lowest BCUT2D eigenvalue weighted by molar-refractivity contribution is 0.115. The number of urea groups is 1. The van der Waals surface area contributed by atoms with Gasteiger partial charge < -0.3 is 20.3 Å². The highest BCUT2D eigenvalue weighted by molar-refractivity contribution is 7.92. The van der Waals surface area contributed by atoms with Crippen molar-refractivity contribution in [3.8, 4) is 0 Å². The number of aromatic nitrogens is 1. The van der Waals surface area contributed by atoms with Gasteiger partial charge >= 0.3 is 12.1 Å². The van der Waals surface area contributed by atoms with Crippen molar-refractivity contribution < 1.29 is 22.7 Å². The van der Waals surface area contributed by atoms with Crippen LogP contribution < -0.4 is 10.6 Å². The number of pyridine rings is 1. The third-order valence-electron chi connectivity index (χ3n) is 4.93. The molecule has 1 aromatic carbocycles. The number of nitrogens with one attached hydrogen (secondary N) is 2. The van der Waals surface area contributed by atoms with Crippen LogP contribution in [0.4, 0.5) is 15.3 Å². The average Bonchev–Trinajstić information content (AvgIpc) is 2.78. The lowest BCUT2D eigenvalue weighted by atomic mass is 10.1. The summed E-state index contributed by atoms with van der Waals surface area (Å²) in [5, 5.41) is 4.83. The number of anilines is 1. The Labute approximate surface area is 175 Å². The van der Waals surface area contributed by atoms with Gasteiger partial charge in [0, 0.05) is 37.7 Å². The Kier molecular flexibility index (Phi) is 6.88. The second-order valence-corrected chi connectivity index (χ2v) is 9.12. The van der Waals surface area contributed by atoms with Crippen LogP contribution in [0.15, 0.2) is 53.7 Å². The van der Waals surface area contributed by atoms with E-state index in [0.717, 1.165) is 5.56 Å². The number of rotatable bonds is 5. The molecule has 0 bridgehead atoms. The molecule has 1 aliphatic rings. The largest absolute Gasteiger partial charge is 0.453 e. The Morgan fingerprint density at radius 3 is 2.47 bits per heavy atom. The summed E-state index contributed by atoms with van der Waals surface area (Å²) in [6, 6.07) is 9.32. The first-order chi connectivity index (χ1) is 14.4. The Bertz CT molecular complexity index is 972. The highest BCUT2D eigenvalue weighted by Crippen LogP contribution is 2.26. The van der Waals surface area contributed by atoms with Crippen molar-refractivity contribution in [1.29, 1.82) is 0 Å². The molecule has 0 atom stereocenters. The Balaban J connectivity index is 1.55. The van der Waals surface area contributed by atoms with Crippen molar-refractivity contribution in [2.75, 3.05) is 25.5 Å². The minimum Gasteiger partial charge on any atom is -0.453 e. The van der Waals surface area contributed by atoms with E-state index in [9.17, 15) is 18.0 Å². The van der Waals surface area contributed by atoms with Gasteiger partial charge in [0.25, 0.3) is 0 Å². The van der Waals surface area contributed by atoms with Gasteiger partial charge in [0.05, 0.1) is 17.3 Å². The number of carbonyl (C=O) groups is 2. The quantitative estimate of drug-likeness (QED) is 0.749. The maximum Gasteiger partial charge on any atom is 0.409 e. The zero-order valence-corrected chi connectivity index (χ0v) is 17.4. The third-order valence-corrected chi connectivity index (χ3v) is 7.21. The van der Waals surface area contributed by atoms with Crippen molar-refractivity contribution in [2.45, 2.75) is 29.5 Å². The molecule has 10 heteroatoms. The number of hydrogen-bond donors (Lipinski definition) is 2. The molecule has 0 unspecified atom stereocenters. The Morgan fingerprint density at radius 1 is 1.17 bits per heavy atom. The van der Waals surface area contributed by atoms with E-state index in [0.29, 0.717) is 38.2 Å². The van der Waals surface area contributed by atoms with Crippen LogP contribution in [0.1, 0.15) is 18.4 Å². The smallest absolute Gasteiger partial charge is 0.409 e.